The highest BCUT2D eigenvalue weighted by molar-refractivity contribution is 5.88. The van der Waals surface area contributed by atoms with Gasteiger partial charge in [0.1, 0.15) is 6.04 Å². The highest BCUT2D eigenvalue weighted by Crippen LogP contribution is 2.16. The molecule has 0 aliphatic heterocycles. The Morgan fingerprint density at radius 1 is 1.04 bits per heavy atom. The number of amides is 2. The molecule has 5 nitrogen and oxygen atoms in total. The van der Waals surface area contributed by atoms with Crippen LogP contribution in [0.4, 0.5) is 4.39 Å². The Balaban J connectivity index is 2.07. The molecule has 0 spiro atoms. The first-order valence-corrected chi connectivity index (χ1v) is 9.39. The van der Waals surface area contributed by atoms with Gasteiger partial charge in [0.15, 0.2) is 18.2 Å². The van der Waals surface area contributed by atoms with Crippen LogP contribution < -0.4 is 10.1 Å². The predicted octanol–water partition coefficient (Wildman–Crippen LogP) is 3.19. The molecular formula is C22H27FN2O3. The van der Waals surface area contributed by atoms with E-state index in [1.807, 2.05) is 44.2 Å². The van der Waals surface area contributed by atoms with Crippen LogP contribution in [0.15, 0.2) is 54.6 Å². The molecule has 0 aromatic heterocycles. The van der Waals surface area contributed by atoms with Gasteiger partial charge in [-0.1, -0.05) is 42.5 Å². The summed E-state index contributed by atoms with van der Waals surface area (Å²) in [4.78, 5) is 26.7. The van der Waals surface area contributed by atoms with Crippen molar-refractivity contribution in [3.05, 3.63) is 66.0 Å². The van der Waals surface area contributed by atoms with E-state index in [0.717, 1.165) is 5.56 Å². The SMILES string of the molecule is CC(C)NC(=O)[C@H](C)N(CCc1ccccc1)C(=O)COc1ccccc1F. The number of ether oxygens (including phenoxy) is 1. The molecular weight excluding hydrogens is 359 g/mol. The van der Waals surface area contributed by atoms with Crippen LogP contribution in [0.25, 0.3) is 0 Å². The molecule has 0 unspecified atom stereocenters. The van der Waals surface area contributed by atoms with Crippen LogP contribution in [0.5, 0.6) is 5.75 Å². The van der Waals surface area contributed by atoms with Gasteiger partial charge in [0.2, 0.25) is 5.91 Å². The van der Waals surface area contributed by atoms with E-state index in [0.29, 0.717) is 13.0 Å². The van der Waals surface area contributed by atoms with Crippen molar-refractivity contribution in [3.63, 3.8) is 0 Å². The van der Waals surface area contributed by atoms with Crippen LogP contribution in [0.1, 0.15) is 26.3 Å². The lowest BCUT2D eigenvalue weighted by molar-refractivity contribution is -0.141. The highest BCUT2D eigenvalue weighted by atomic mass is 19.1. The zero-order valence-corrected chi connectivity index (χ0v) is 16.5. The average Bonchev–Trinajstić information content (AvgIpc) is 2.67. The van der Waals surface area contributed by atoms with Crippen molar-refractivity contribution in [3.8, 4) is 5.75 Å². The predicted molar refractivity (Wildman–Crippen MR) is 106 cm³/mol. The number of hydrogen-bond acceptors (Lipinski definition) is 3. The molecule has 150 valence electrons. The molecule has 0 bridgehead atoms. The largest absolute Gasteiger partial charge is 0.481 e. The van der Waals surface area contributed by atoms with Gasteiger partial charge in [0.05, 0.1) is 0 Å². The molecule has 0 aliphatic rings. The van der Waals surface area contributed by atoms with E-state index in [1.54, 1.807) is 19.1 Å². The van der Waals surface area contributed by atoms with Crippen LogP contribution in [0.3, 0.4) is 0 Å². The zero-order valence-electron chi connectivity index (χ0n) is 16.5. The monoisotopic (exact) mass is 386 g/mol. The number of para-hydroxylation sites is 1. The number of nitrogens with one attached hydrogen (secondary N) is 1. The number of halogens is 1. The number of carbonyl (C=O) groups excluding carboxylic acids is 2. The summed E-state index contributed by atoms with van der Waals surface area (Å²) in [5, 5.41) is 2.83. The summed E-state index contributed by atoms with van der Waals surface area (Å²) in [6.45, 7) is 5.43. The first kappa shape index (κ1) is 21.4. The van der Waals surface area contributed by atoms with E-state index in [-0.39, 0.29) is 30.2 Å². The molecule has 6 heteroatoms. The third-order valence-corrected chi connectivity index (χ3v) is 4.27. The molecule has 2 rings (SSSR count). The molecule has 0 saturated carbocycles. The average molecular weight is 386 g/mol. The molecule has 28 heavy (non-hydrogen) atoms. The first-order valence-electron chi connectivity index (χ1n) is 9.39. The zero-order chi connectivity index (χ0) is 20.5. The van der Waals surface area contributed by atoms with E-state index in [9.17, 15) is 14.0 Å². The van der Waals surface area contributed by atoms with E-state index in [2.05, 4.69) is 5.32 Å². The van der Waals surface area contributed by atoms with Crippen LogP contribution in [0, 0.1) is 5.82 Å². The van der Waals surface area contributed by atoms with Crippen molar-refractivity contribution in [2.75, 3.05) is 13.2 Å². The molecule has 1 N–H and O–H groups in total. The Bertz CT molecular complexity index is 780. The first-order chi connectivity index (χ1) is 13.4. The normalized spacial score (nSPS) is 11.8. The molecule has 0 radical (unpaired) electrons. The van der Waals surface area contributed by atoms with Gasteiger partial charge in [-0.05, 0) is 44.9 Å². The van der Waals surface area contributed by atoms with E-state index < -0.39 is 11.9 Å². The molecule has 0 heterocycles. The third-order valence-electron chi connectivity index (χ3n) is 4.27. The molecule has 2 amide bonds. The van der Waals surface area contributed by atoms with Crippen molar-refractivity contribution < 1.29 is 18.7 Å². The van der Waals surface area contributed by atoms with Crippen LogP contribution >= 0.6 is 0 Å². The summed E-state index contributed by atoms with van der Waals surface area (Å²) in [6.07, 6.45) is 0.603. The van der Waals surface area contributed by atoms with Crippen molar-refractivity contribution in [1.82, 2.24) is 10.2 Å². The highest BCUT2D eigenvalue weighted by Gasteiger charge is 2.26. The van der Waals surface area contributed by atoms with Gasteiger partial charge in [-0.2, -0.15) is 0 Å². The van der Waals surface area contributed by atoms with Gasteiger partial charge in [-0.3, -0.25) is 9.59 Å². The standard InChI is InChI=1S/C22H27FN2O3/c1-16(2)24-22(27)17(3)25(14-13-18-9-5-4-6-10-18)21(26)15-28-20-12-8-7-11-19(20)23/h4-12,16-17H,13-15H2,1-3H3,(H,24,27)/t17-/m0/s1. The molecule has 0 saturated heterocycles. The van der Waals surface area contributed by atoms with E-state index >= 15 is 0 Å². The minimum Gasteiger partial charge on any atom is -0.481 e. The fourth-order valence-electron chi connectivity index (χ4n) is 2.76. The Morgan fingerprint density at radius 2 is 1.68 bits per heavy atom. The molecule has 2 aromatic carbocycles. The second-order valence-corrected chi connectivity index (χ2v) is 6.88. The minimum absolute atomic E-state index is 0.0122. The third kappa shape index (κ3) is 6.37. The lowest BCUT2D eigenvalue weighted by atomic mass is 10.1. The lowest BCUT2D eigenvalue weighted by Gasteiger charge is -2.29. The summed E-state index contributed by atoms with van der Waals surface area (Å²) in [5.74, 6) is -1.12. The number of rotatable bonds is 9. The smallest absolute Gasteiger partial charge is 0.261 e. The molecule has 2 aromatic rings. The van der Waals surface area contributed by atoms with Gasteiger partial charge >= 0.3 is 0 Å². The Morgan fingerprint density at radius 3 is 2.32 bits per heavy atom. The fourth-order valence-corrected chi connectivity index (χ4v) is 2.76. The van der Waals surface area contributed by atoms with Crippen molar-refractivity contribution in [1.29, 1.82) is 0 Å². The van der Waals surface area contributed by atoms with E-state index in [1.165, 1.54) is 17.0 Å². The maximum atomic E-state index is 13.7. The van der Waals surface area contributed by atoms with Gasteiger partial charge in [0, 0.05) is 12.6 Å². The summed E-state index contributed by atoms with van der Waals surface area (Å²) >= 11 is 0. The maximum Gasteiger partial charge on any atom is 0.261 e. The maximum absolute atomic E-state index is 13.7. The van der Waals surface area contributed by atoms with Crippen LogP contribution in [-0.2, 0) is 16.0 Å². The van der Waals surface area contributed by atoms with Gasteiger partial charge in [-0.25, -0.2) is 4.39 Å². The van der Waals surface area contributed by atoms with Crippen LogP contribution in [0.2, 0.25) is 0 Å². The summed E-state index contributed by atoms with van der Waals surface area (Å²) in [5.41, 5.74) is 1.06. The molecule has 0 fully saturated rings. The minimum atomic E-state index is -0.664. The Labute approximate surface area is 165 Å². The molecule has 1 atom stereocenters. The van der Waals surface area contributed by atoms with Crippen molar-refractivity contribution >= 4 is 11.8 Å². The Hall–Kier alpha value is -2.89. The van der Waals surface area contributed by atoms with Gasteiger partial charge < -0.3 is 15.0 Å². The van der Waals surface area contributed by atoms with Gasteiger partial charge in [0.25, 0.3) is 5.91 Å². The second kappa shape index (κ2) is 10.4. The van der Waals surface area contributed by atoms with Gasteiger partial charge in [-0.15, -0.1) is 0 Å². The summed E-state index contributed by atoms with van der Waals surface area (Å²) in [7, 11) is 0. The number of benzene rings is 2. The van der Waals surface area contributed by atoms with Crippen molar-refractivity contribution in [2.45, 2.75) is 39.3 Å². The number of carbonyl (C=O) groups is 2. The number of hydrogen-bond donors (Lipinski definition) is 1. The topological polar surface area (TPSA) is 58.6 Å². The summed E-state index contributed by atoms with van der Waals surface area (Å²) in [6, 6.07) is 14.9. The molecule has 0 aliphatic carbocycles. The fraction of sp³-hybridized carbons (Fsp3) is 0.364. The lowest BCUT2D eigenvalue weighted by Crippen LogP contribution is -2.51. The Kier molecular flexibility index (Phi) is 7.99. The van der Waals surface area contributed by atoms with Crippen molar-refractivity contribution in [2.24, 2.45) is 0 Å². The quantitative estimate of drug-likeness (QED) is 0.720. The second-order valence-electron chi connectivity index (χ2n) is 6.88. The van der Waals surface area contributed by atoms with Crippen LogP contribution in [-0.4, -0.2) is 41.9 Å². The summed E-state index contributed by atoms with van der Waals surface area (Å²) < 4.78 is 19.1. The number of nitrogens with zero attached hydrogens (tertiary/aromatic N) is 1. The van der Waals surface area contributed by atoms with E-state index in [4.69, 9.17) is 4.74 Å².